The molecule has 1 heterocycles. The largest absolute Gasteiger partial charge is 0.422 e. The molecule has 0 unspecified atom stereocenters. The molecule has 0 atom stereocenters. The van der Waals surface area contributed by atoms with Gasteiger partial charge in [0.05, 0.1) is 0 Å². The Labute approximate surface area is 118 Å². The van der Waals surface area contributed by atoms with Crippen molar-refractivity contribution in [1.82, 2.24) is 0 Å². The van der Waals surface area contributed by atoms with E-state index in [9.17, 15) is 9.59 Å². The molecular formula is C16H18O4. The van der Waals surface area contributed by atoms with Crippen LogP contribution in [0.3, 0.4) is 0 Å². The van der Waals surface area contributed by atoms with Crippen molar-refractivity contribution in [3.8, 4) is 0 Å². The number of carbonyl (C=O) groups is 2. The van der Waals surface area contributed by atoms with Gasteiger partial charge in [-0.05, 0) is 30.2 Å². The monoisotopic (exact) mass is 274 g/mol. The summed E-state index contributed by atoms with van der Waals surface area (Å²) >= 11 is 0. The fourth-order valence-electron chi connectivity index (χ4n) is 2.85. The van der Waals surface area contributed by atoms with Crippen LogP contribution in [0.25, 0.3) is 0 Å². The molecule has 1 aromatic rings. The second-order valence-corrected chi connectivity index (χ2v) is 6.15. The van der Waals surface area contributed by atoms with Gasteiger partial charge in [-0.2, -0.15) is 0 Å². The molecule has 1 aliphatic heterocycles. The fraction of sp³-hybridized carbons (Fsp3) is 0.500. The zero-order chi connectivity index (χ0) is 14.4. The van der Waals surface area contributed by atoms with E-state index in [0.29, 0.717) is 6.42 Å². The Morgan fingerprint density at radius 2 is 1.60 bits per heavy atom. The van der Waals surface area contributed by atoms with E-state index in [0.717, 1.165) is 12.8 Å². The minimum atomic E-state index is -1.14. The van der Waals surface area contributed by atoms with Crippen LogP contribution in [0.5, 0.6) is 0 Å². The lowest BCUT2D eigenvalue weighted by Gasteiger charge is -2.34. The summed E-state index contributed by atoms with van der Waals surface area (Å²) in [4.78, 5) is 24.1. The molecule has 0 radical (unpaired) electrons. The van der Waals surface area contributed by atoms with E-state index in [-0.39, 0.29) is 5.41 Å². The smallest absolute Gasteiger partial charge is 0.323 e. The van der Waals surface area contributed by atoms with Crippen LogP contribution >= 0.6 is 0 Å². The number of benzene rings is 1. The Balaban J connectivity index is 1.79. The lowest BCUT2D eigenvalue weighted by atomic mass is 9.85. The van der Waals surface area contributed by atoms with Crippen molar-refractivity contribution in [2.24, 2.45) is 5.92 Å². The first-order valence-electron chi connectivity index (χ1n) is 6.93. The van der Waals surface area contributed by atoms with Crippen molar-refractivity contribution in [3.63, 3.8) is 0 Å². The van der Waals surface area contributed by atoms with Gasteiger partial charge in [-0.25, -0.2) is 0 Å². The van der Waals surface area contributed by atoms with Crippen molar-refractivity contribution >= 4 is 11.9 Å². The van der Waals surface area contributed by atoms with Gasteiger partial charge in [-0.3, -0.25) is 9.59 Å². The van der Waals surface area contributed by atoms with E-state index < -0.39 is 23.6 Å². The van der Waals surface area contributed by atoms with Crippen molar-refractivity contribution in [1.29, 1.82) is 0 Å². The summed E-state index contributed by atoms with van der Waals surface area (Å²) < 4.78 is 10.4. The molecule has 106 valence electrons. The highest BCUT2D eigenvalue weighted by molar-refractivity contribution is 5.96. The number of hydrogen-bond donors (Lipinski definition) is 0. The summed E-state index contributed by atoms with van der Waals surface area (Å²) in [6.45, 7) is 3.15. The summed E-state index contributed by atoms with van der Waals surface area (Å²) in [5, 5.41) is 0. The molecule has 2 aliphatic rings. The number of rotatable bonds is 3. The summed E-state index contributed by atoms with van der Waals surface area (Å²) in [6.07, 6.45) is 2.47. The zero-order valence-electron chi connectivity index (χ0n) is 11.7. The van der Waals surface area contributed by atoms with Crippen LogP contribution in [-0.2, 0) is 24.5 Å². The standard InChI is InChI=1S/C16H18O4/c1-15(2)19-13(17)12(14(18)20-15)10-16(8-9-16)11-6-4-3-5-7-11/h3-7,12H,8-10H2,1-2H3. The molecule has 1 aliphatic carbocycles. The average molecular weight is 274 g/mol. The van der Waals surface area contributed by atoms with E-state index in [1.165, 1.54) is 5.56 Å². The Kier molecular flexibility index (Phi) is 2.85. The van der Waals surface area contributed by atoms with E-state index in [2.05, 4.69) is 12.1 Å². The minimum Gasteiger partial charge on any atom is -0.422 e. The van der Waals surface area contributed by atoms with Crippen LogP contribution in [0.4, 0.5) is 0 Å². The average Bonchev–Trinajstić information content (AvgIpc) is 3.15. The highest BCUT2D eigenvalue weighted by Gasteiger charge is 2.52. The number of hydrogen-bond acceptors (Lipinski definition) is 4. The van der Waals surface area contributed by atoms with E-state index in [1.54, 1.807) is 13.8 Å². The predicted octanol–water partition coefficient (Wildman–Crippen LogP) is 2.56. The topological polar surface area (TPSA) is 52.6 Å². The van der Waals surface area contributed by atoms with Gasteiger partial charge < -0.3 is 9.47 Å². The maximum atomic E-state index is 12.0. The first-order chi connectivity index (χ1) is 9.42. The zero-order valence-corrected chi connectivity index (χ0v) is 11.7. The highest BCUT2D eigenvalue weighted by atomic mass is 16.7. The summed E-state index contributed by atoms with van der Waals surface area (Å²) in [7, 11) is 0. The minimum absolute atomic E-state index is 0.0640. The van der Waals surface area contributed by atoms with Gasteiger partial charge in [0.25, 0.3) is 5.79 Å². The Morgan fingerprint density at radius 3 is 2.10 bits per heavy atom. The van der Waals surface area contributed by atoms with Crippen LogP contribution in [0.2, 0.25) is 0 Å². The van der Waals surface area contributed by atoms with Crippen LogP contribution in [0.15, 0.2) is 30.3 Å². The van der Waals surface area contributed by atoms with Gasteiger partial charge in [0.2, 0.25) is 0 Å². The number of carbonyl (C=O) groups excluding carboxylic acids is 2. The SMILES string of the molecule is CC1(C)OC(=O)C(CC2(c3ccccc3)CC2)C(=O)O1. The molecule has 0 bridgehead atoms. The molecular weight excluding hydrogens is 256 g/mol. The number of esters is 2. The van der Waals surface area contributed by atoms with Crippen LogP contribution in [0, 0.1) is 5.92 Å². The summed E-state index contributed by atoms with van der Waals surface area (Å²) in [6, 6.07) is 10.0. The Morgan fingerprint density at radius 1 is 1.05 bits per heavy atom. The molecule has 0 aromatic heterocycles. The number of ether oxygens (including phenoxy) is 2. The van der Waals surface area contributed by atoms with E-state index >= 15 is 0 Å². The Hall–Kier alpha value is -1.84. The fourth-order valence-corrected chi connectivity index (χ4v) is 2.85. The van der Waals surface area contributed by atoms with Gasteiger partial charge in [-0.1, -0.05) is 30.3 Å². The Bertz CT molecular complexity index is 523. The van der Waals surface area contributed by atoms with Gasteiger partial charge in [0.15, 0.2) is 5.92 Å². The van der Waals surface area contributed by atoms with E-state index in [1.807, 2.05) is 18.2 Å². The van der Waals surface area contributed by atoms with Crippen LogP contribution in [-0.4, -0.2) is 17.7 Å². The first-order valence-corrected chi connectivity index (χ1v) is 6.93. The number of cyclic esters (lactones) is 2. The van der Waals surface area contributed by atoms with Crippen LogP contribution in [0.1, 0.15) is 38.7 Å². The van der Waals surface area contributed by atoms with Gasteiger partial charge in [0.1, 0.15) is 0 Å². The predicted molar refractivity (Wildman–Crippen MR) is 71.7 cm³/mol. The van der Waals surface area contributed by atoms with Gasteiger partial charge >= 0.3 is 11.9 Å². The molecule has 1 aromatic carbocycles. The molecule has 4 heteroatoms. The summed E-state index contributed by atoms with van der Waals surface area (Å²) in [5.74, 6) is -2.87. The maximum absolute atomic E-state index is 12.0. The molecule has 2 fully saturated rings. The van der Waals surface area contributed by atoms with Gasteiger partial charge in [0, 0.05) is 13.8 Å². The lowest BCUT2D eigenvalue weighted by molar-refractivity contribution is -0.240. The molecule has 20 heavy (non-hydrogen) atoms. The first kappa shape index (κ1) is 13.2. The second-order valence-electron chi connectivity index (χ2n) is 6.15. The van der Waals surface area contributed by atoms with Crippen LogP contribution < -0.4 is 0 Å². The summed E-state index contributed by atoms with van der Waals surface area (Å²) in [5.41, 5.74) is 1.12. The van der Waals surface area contributed by atoms with E-state index in [4.69, 9.17) is 9.47 Å². The molecule has 1 saturated heterocycles. The van der Waals surface area contributed by atoms with Crippen molar-refractivity contribution in [3.05, 3.63) is 35.9 Å². The van der Waals surface area contributed by atoms with Crippen molar-refractivity contribution in [2.75, 3.05) is 0 Å². The second kappa shape index (κ2) is 4.33. The third kappa shape index (κ3) is 2.30. The normalized spacial score (nSPS) is 23.9. The molecule has 0 spiro atoms. The maximum Gasteiger partial charge on any atom is 0.323 e. The quantitative estimate of drug-likeness (QED) is 0.628. The lowest BCUT2D eigenvalue weighted by Crippen LogP contribution is -2.47. The molecule has 0 N–H and O–H groups in total. The molecule has 1 saturated carbocycles. The third-order valence-electron chi connectivity index (χ3n) is 4.10. The van der Waals surface area contributed by atoms with Crippen molar-refractivity contribution < 1.29 is 19.1 Å². The third-order valence-corrected chi connectivity index (χ3v) is 4.10. The molecule has 4 nitrogen and oxygen atoms in total. The molecule has 3 rings (SSSR count). The van der Waals surface area contributed by atoms with Gasteiger partial charge in [-0.15, -0.1) is 0 Å². The highest BCUT2D eigenvalue weighted by Crippen LogP contribution is 2.53. The molecule has 0 amide bonds. The van der Waals surface area contributed by atoms with Crippen molar-refractivity contribution in [2.45, 2.75) is 44.3 Å².